The van der Waals surface area contributed by atoms with Gasteiger partial charge >= 0.3 is 0 Å². The molecule has 0 bridgehead atoms. The molecule has 0 saturated heterocycles. The standard InChI is InChI=1S/C15H16ClNO3S/c1-10-5-4-6-12(7-10)21(18,19)17-14-8-11(2)15(20-3)9-13(14)16/h4-9,17H,1-3H3. The van der Waals surface area contributed by atoms with E-state index < -0.39 is 10.0 Å². The molecular formula is C15H16ClNO3S. The van der Waals surface area contributed by atoms with E-state index in [0.717, 1.165) is 11.1 Å². The number of benzene rings is 2. The Bertz CT molecular complexity index is 772. The summed E-state index contributed by atoms with van der Waals surface area (Å²) in [5.74, 6) is 0.610. The van der Waals surface area contributed by atoms with E-state index in [1.54, 1.807) is 30.3 Å². The largest absolute Gasteiger partial charge is 0.496 e. The third-order valence-electron chi connectivity index (χ3n) is 3.03. The van der Waals surface area contributed by atoms with Gasteiger partial charge in [-0.25, -0.2) is 8.42 Å². The number of aryl methyl sites for hydroxylation is 2. The van der Waals surface area contributed by atoms with Crippen LogP contribution < -0.4 is 9.46 Å². The van der Waals surface area contributed by atoms with Crippen LogP contribution in [0.5, 0.6) is 5.75 Å². The number of methoxy groups -OCH3 is 1. The molecule has 0 aliphatic carbocycles. The van der Waals surface area contributed by atoms with E-state index in [4.69, 9.17) is 16.3 Å². The summed E-state index contributed by atoms with van der Waals surface area (Å²) in [6.07, 6.45) is 0. The molecule has 0 fully saturated rings. The van der Waals surface area contributed by atoms with E-state index in [0.29, 0.717) is 11.4 Å². The van der Waals surface area contributed by atoms with Crippen molar-refractivity contribution in [2.24, 2.45) is 0 Å². The van der Waals surface area contributed by atoms with Crippen molar-refractivity contribution in [2.75, 3.05) is 11.8 Å². The molecule has 0 atom stereocenters. The summed E-state index contributed by atoms with van der Waals surface area (Å²) < 4.78 is 32.4. The first-order valence-electron chi connectivity index (χ1n) is 6.27. The fourth-order valence-electron chi connectivity index (χ4n) is 1.95. The van der Waals surface area contributed by atoms with Gasteiger partial charge in [0.05, 0.1) is 22.7 Å². The number of halogens is 1. The lowest BCUT2D eigenvalue weighted by molar-refractivity contribution is 0.412. The minimum Gasteiger partial charge on any atom is -0.496 e. The number of rotatable bonds is 4. The van der Waals surface area contributed by atoms with E-state index in [2.05, 4.69) is 4.72 Å². The summed E-state index contributed by atoms with van der Waals surface area (Å²) in [5.41, 5.74) is 2.00. The number of nitrogens with one attached hydrogen (secondary N) is 1. The van der Waals surface area contributed by atoms with Crippen LogP contribution in [0, 0.1) is 13.8 Å². The van der Waals surface area contributed by atoms with Crippen LogP contribution in [0.3, 0.4) is 0 Å². The highest BCUT2D eigenvalue weighted by molar-refractivity contribution is 7.92. The smallest absolute Gasteiger partial charge is 0.261 e. The minimum atomic E-state index is -3.67. The number of ether oxygens (including phenoxy) is 1. The Morgan fingerprint density at radius 2 is 1.86 bits per heavy atom. The number of hydrogen-bond acceptors (Lipinski definition) is 3. The van der Waals surface area contributed by atoms with Gasteiger partial charge in [0.1, 0.15) is 5.75 Å². The molecule has 4 nitrogen and oxygen atoms in total. The average Bonchev–Trinajstić information content (AvgIpc) is 2.42. The van der Waals surface area contributed by atoms with Crippen molar-refractivity contribution in [1.82, 2.24) is 0 Å². The van der Waals surface area contributed by atoms with Crippen LogP contribution in [0.15, 0.2) is 41.3 Å². The highest BCUT2D eigenvalue weighted by atomic mass is 35.5. The summed E-state index contributed by atoms with van der Waals surface area (Å²) in [6, 6.07) is 9.92. The quantitative estimate of drug-likeness (QED) is 0.931. The zero-order chi connectivity index (χ0) is 15.6. The minimum absolute atomic E-state index is 0.201. The zero-order valence-corrected chi connectivity index (χ0v) is 13.5. The van der Waals surface area contributed by atoms with Gasteiger partial charge in [-0.3, -0.25) is 4.72 Å². The van der Waals surface area contributed by atoms with Crippen molar-refractivity contribution in [3.05, 3.63) is 52.5 Å². The molecule has 112 valence electrons. The molecule has 0 unspecified atom stereocenters. The molecule has 2 aromatic carbocycles. The first kappa shape index (κ1) is 15.7. The predicted molar refractivity (Wildman–Crippen MR) is 84.7 cm³/mol. The Kier molecular flexibility index (Phi) is 4.44. The highest BCUT2D eigenvalue weighted by Gasteiger charge is 2.17. The van der Waals surface area contributed by atoms with E-state index in [9.17, 15) is 8.42 Å². The van der Waals surface area contributed by atoms with Crippen LogP contribution in [0.4, 0.5) is 5.69 Å². The van der Waals surface area contributed by atoms with Crippen molar-refractivity contribution >= 4 is 27.3 Å². The maximum atomic E-state index is 12.4. The lowest BCUT2D eigenvalue weighted by Crippen LogP contribution is -2.13. The summed E-state index contributed by atoms with van der Waals surface area (Å²) >= 11 is 6.10. The van der Waals surface area contributed by atoms with E-state index in [-0.39, 0.29) is 9.92 Å². The van der Waals surface area contributed by atoms with Crippen molar-refractivity contribution < 1.29 is 13.2 Å². The second kappa shape index (κ2) is 5.95. The molecule has 0 aliphatic heterocycles. The van der Waals surface area contributed by atoms with Crippen molar-refractivity contribution in [3.8, 4) is 5.75 Å². The Labute approximate surface area is 129 Å². The lowest BCUT2D eigenvalue weighted by atomic mass is 10.2. The molecular weight excluding hydrogens is 310 g/mol. The molecule has 0 saturated carbocycles. The third kappa shape index (κ3) is 3.49. The van der Waals surface area contributed by atoms with E-state index >= 15 is 0 Å². The Hall–Kier alpha value is -1.72. The van der Waals surface area contributed by atoms with E-state index in [1.165, 1.54) is 7.11 Å². The molecule has 0 heterocycles. The summed E-state index contributed by atoms with van der Waals surface area (Å²) in [4.78, 5) is 0.201. The van der Waals surface area contributed by atoms with Crippen LogP contribution in [-0.4, -0.2) is 15.5 Å². The molecule has 2 rings (SSSR count). The maximum absolute atomic E-state index is 12.4. The SMILES string of the molecule is COc1cc(Cl)c(NS(=O)(=O)c2cccc(C)c2)cc1C. The van der Waals surface area contributed by atoms with Crippen LogP contribution in [0.1, 0.15) is 11.1 Å². The number of hydrogen-bond donors (Lipinski definition) is 1. The van der Waals surface area contributed by atoms with Gasteiger partial charge in [-0.05, 0) is 43.2 Å². The van der Waals surface area contributed by atoms with Crippen LogP contribution in [-0.2, 0) is 10.0 Å². The van der Waals surface area contributed by atoms with Gasteiger partial charge in [0.25, 0.3) is 10.0 Å². The maximum Gasteiger partial charge on any atom is 0.261 e. The first-order valence-corrected chi connectivity index (χ1v) is 8.13. The fourth-order valence-corrected chi connectivity index (χ4v) is 3.38. The van der Waals surface area contributed by atoms with Crippen molar-refractivity contribution in [2.45, 2.75) is 18.7 Å². The van der Waals surface area contributed by atoms with Crippen LogP contribution >= 0.6 is 11.6 Å². The number of anilines is 1. The molecule has 0 radical (unpaired) electrons. The third-order valence-corrected chi connectivity index (χ3v) is 4.70. The van der Waals surface area contributed by atoms with Gasteiger partial charge in [-0.15, -0.1) is 0 Å². The lowest BCUT2D eigenvalue weighted by Gasteiger charge is -2.13. The summed E-state index contributed by atoms with van der Waals surface area (Å²) in [7, 11) is -2.13. The second-order valence-corrected chi connectivity index (χ2v) is 6.81. The fraction of sp³-hybridized carbons (Fsp3) is 0.200. The molecule has 0 aromatic heterocycles. The van der Waals surface area contributed by atoms with Gasteiger partial charge < -0.3 is 4.74 Å². The van der Waals surface area contributed by atoms with Gasteiger partial charge in [-0.2, -0.15) is 0 Å². The molecule has 0 spiro atoms. The zero-order valence-electron chi connectivity index (χ0n) is 12.0. The summed E-state index contributed by atoms with van der Waals surface area (Å²) in [6.45, 7) is 3.66. The summed E-state index contributed by atoms with van der Waals surface area (Å²) in [5, 5.41) is 0.286. The second-order valence-electron chi connectivity index (χ2n) is 4.72. The number of sulfonamides is 1. The molecule has 21 heavy (non-hydrogen) atoms. The molecule has 6 heteroatoms. The Morgan fingerprint density at radius 3 is 2.48 bits per heavy atom. The van der Waals surface area contributed by atoms with E-state index in [1.807, 2.05) is 19.9 Å². The van der Waals surface area contributed by atoms with Gasteiger partial charge in [0.2, 0.25) is 0 Å². The molecule has 1 N–H and O–H groups in total. The first-order chi connectivity index (χ1) is 9.83. The normalized spacial score (nSPS) is 11.2. The van der Waals surface area contributed by atoms with Gasteiger partial charge in [0, 0.05) is 6.07 Å². The Morgan fingerprint density at radius 1 is 1.14 bits per heavy atom. The van der Waals surface area contributed by atoms with Gasteiger partial charge in [0.15, 0.2) is 0 Å². The van der Waals surface area contributed by atoms with Gasteiger partial charge in [-0.1, -0.05) is 23.7 Å². The molecule has 0 amide bonds. The topological polar surface area (TPSA) is 55.4 Å². The monoisotopic (exact) mass is 325 g/mol. The highest BCUT2D eigenvalue weighted by Crippen LogP contribution is 2.31. The molecule has 0 aliphatic rings. The molecule has 2 aromatic rings. The average molecular weight is 326 g/mol. The van der Waals surface area contributed by atoms with Crippen molar-refractivity contribution in [1.29, 1.82) is 0 Å². The Balaban J connectivity index is 2.39. The predicted octanol–water partition coefficient (Wildman–Crippen LogP) is 3.77. The van der Waals surface area contributed by atoms with Crippen LogP contribution in [0.25, 0.3) is 0 Å². The van der Waals surface area contributed by atoms with Crippen LogP contribution in [0.2, 0.25) is 5.02 Å². The van der Waals surface area contributed by atoms with Crippen molar-refractivity contribution in [3.63, 3.8) is 0 Å².